The lowest BCUT2D eigenvalue weighted by Gasteiger charge is -2.14. The minimum absolute atomic E-state index is 0.309. The van der Waals surface area contributed by atoms with Gasteiger partial charge < -0.3 is 9.47 Å². The number of benzene rings is 1. The van der Waals surface area contributed by atoms with Gasteiger partial charge in [-0.1, -0.05) is 6.92 Å². The topological polar surface area (TPSA) is 76.7 Å². The third-order valence-corrected chi connectivity index (χ3v) is 6.03. The molecular weight excluding hydrogens is 432 g/mol. The van der Waals surface area contributed by atoms with Gasteiger partial charge in [-0.25, -0.2) is 0 Å². The van der Waals surface area contributed by atoms with Gasteiger partial charge in [0.15, 0.2) is 11.5 Å². The average Bonchev–Trinajstić information content (AvgIpc) is 3.26. The summed E-state index contributed by atoms with van der Waals surface area (Å²) >= 11 is 4.90. The number of rotatable bonds is 6. The summed E-state index contributed by atoms with van der Waals surface area (Å²) in [4.78, 5) is 26.6. The van der Waals surface area contributed by atoms with Gasteiger partial charge in [0.05, 0.1) is 23.1 Å². The van der Waals surface area contributed by atoms with Gasteiger partial charge in [-0.2, -0.15) is 0 Å². The lowest BCUT2D eigenvalue weighted by atomic mass is 10.2. The molecule has 8 heteroatoms. The van der Waals surface area contributed by atoms with Gasteiger partial charge in [0.1, 0.15) is 0 Å². The molecule has 0 saturated heterocycles. The summed E-state index contributed by atoms with van der Waals surface area (Å²) in [6.07, 6.45) is 4.05. The smallest absolute Gasteiger partial charge is 0.279 e. The zero-order valence-corrected chi connectivity index (χ0v) is 17.6. The molecular formula is C19H21BrN2O4S. The minimum Gasteiger partial charge on any atom is -0.493 e. The highest BCUT2D eigenvalue weighted by Crippen LogP contribution is 2.36. The van der Waals surface area contributed by atoms with Gasteiger partial charge in [0.25, 0.3) is 11.8 Å². The lowest BCUT2D eigenvalue weighted by molar-refractivity contribution is 0.0848. The van der Waals surface area contributed by atoms with E-state index in [-0.39, 0.29) is 5.91 Å². The first-order valence-electron chi connectivity index (χ1n) is 8.76. The molecule has 0 fully saturated rings. The van der Waals surface area contributed by atoms with E-state index in [9.17, 15) is 9.59 Å². The van der Waals surface area contributed by atoms with E-state index in [1.807, 2.05) is 13.0 Å². The maximum atomic E-state index is 12.4. The Bertz CT molecular complexity index is 844. The molecule has 0 radical (unpaired) electrons. The van der Waals surface area contributed by atoms with Crippen LogP contribution < -0.4 is 20.3 Å². The van der Waals surface area contributed by atoms with Crippen molar-refractivity contribution >= 4 is 39.1 Å². The number of thiophene rings is 1. The van der Waals surface area contributed by atoms with E-state index in [0.29, 0.717) is 33.0 Å². The molecule has 1 aliphatic rings. The number of methoxy groups -OCH3 is 1. The molecule has 6 nitrogen and oxygen atoms in total. The SMILES string of the molecule is CCCOc1c(Br)cc(C(=O)NNC(=O)c2cc3c(s2)CCC3)cc1OC. The second kappa shape index (κ2) is 8.75. The van der Waals surface area contributed by atoms with Crippen molar-refractivity contribution in [2.45, 2.75) is 32.6 Å². The molecule has 0 aliphatic heterocycles. The van der Waals surface area contributed by atoms with Crippen molar-refractivity contribution in [1.82, 2.24) is 10.9 Å². The van der Waals surface area contributed by atoms with Crippen molar-refractivity contribution in [2.24, 2.45) is 0 Å². The van der Waals surface area contributed by atoms with Crippen LogP contribution in [0.2, 0.25) is 0 Å². The van der Waals surface area contributed by atoms with Crippen molar-refractivity contribution in [1.29, 1.82) is 0 Å². The summed E-state index contributed by atoms with van der Waals surface area (Å²) in [5.74, 6) is 0.252. The van der Waals surface area contributed by atoms with E-state index in [2.05, 4.69) is 26.8 Å². The van der Waals surface area contributed by atoms with Gasteiger partial charge in [-0.15, -0.1) is 11.3 Å². The largest absolute Gasteiger partial charge is 0.493 e. The number of hydrazine groups is 1. The van der Waals surface area contributed by atoms with Crippen LogP contribution in [0, 0.1) is 0 Å². The third-order valence-electron chi connectivity index (χ3n) is 4.20. The number of hydrogen-bond donors (Lipinski definition) is 2. The summed E-state index contributed by atoms with van der Waals surface area (Å²) in [5.41, 5.74) is 6.52. The number of aryl methyl sites for hydroxylation is 2. The van der Waals surface area contributed by atoms with Gasteiger partial charge in [0, 0.05) is 10.4 Å². The fraction of sp³-hybridized carbons (Fsp3) is 0.368. The maximum Gasteiger partial charge on any atom is 0.279 e. The Labute approximate surface area is 170 Å². The number of fused-ring (bicyclic) bond motifs is 1. The van der Waals surface area contributed by atoms with Gasteiger partial charge in [-0.05, 0) is 65.4 Å². The molecule has 0 atom stereocenters. The molecule has 1 aromatic heterocycles. The van der Waals surface area contributed by atoms with Crippen LogP contribution in [-0.4, -0.2) is 25.5 Å². The van der Waals surface area contributed by atoms with Crippen molar-refractivity contribution in [3.05, 3.63) is 43.6 Å². The van der Waals surface area contributed by atoms with E-state index in [1.54, 1.807) is 12.1 Å². The molecule has 2 amide bonds. The normalized spacial score (nSPS) is 12.4. The van der Waals surface area contributed by atoms with Crippen molar-refractivity contribution in [3.63, 3.8) is 0 Å². The van der Waals surface area contributed by atoms with Crippen LogP contribution in [0.1, 0.15) is 50.2 Å². The summed E-state index contributed by atoms with van der Waals surface area (Å²) in [6.45, 7) is 2.55. The predicted molar refractivity (Wildman–Crippen MR) is 108 cm³/mol. The molecule has 0 bridgehead atoms. The molecule has 2 aromatic rings. The second-order valence-corrected chi connectivity index (χ2v) is 8.15. The summed E-state index contributed by atoms with van der Waals surface area (Å²) in [6, 6.07) is 5.12. The van der Waals surface area contributed by atoms with E-state index in [0.717, 1.165) is 25.7 Å². The zero-order valence-electron chi connectivity index (χ0n) is 15.2. The average molecular weight is 453 g/mol. The van der Waals surface area contributed by atoms with Crippen molar-refractivity contribution in [2.75, 3.05) is 13.7 Å². The Morgan fingerprint density at radius 3 is 2.67 bits per heavy atom. The van der Waals surface area contributed by atoms with Crippen LogP contribution in [0.4, 0.5) is 0 Å². The first kappa shape index (κ1) is 19.7. The molecule has 0 saturated carbocycles. The Balaban J connectivity index is 1.66. The fourth-order valence-electron chi connectivity index (χ4n) is 2.88. The van der Waals surface area contributed by atoms with Crippen LogP contribution >= 0.6 is 27.3 Å². The first-order valence-corrected chi connectivity index (χ1v) is 10.4. The zero-order chi connectivity index (χ0) is 19.4. The number of carbonyl (C=O) groups is 2. The number of ether oxygens (including phenoxy) is 2. The maximum absolute atomic E-state index is 12.4. The number of hydrogen-bond acceptors (Lipinski definition) is 5. The Morgan fingerprint density at radius 2 is 1.96 bits per heavy atom. The van der Waals surface area contributed by atoms with E-state index in [1.165, 1.54) is 28.9 Å². The lowest BCUT2D eigenvalue weighted by Crippen LogP contribution is -2.41. The molecule has 1 aliphatic carbocycles. The van der Waals surface area contributed by atoms with Crippen LogP contribution in [-0.2, 0) is 12.8 Å². The minimum atomic E-state index is -0.437. The molecule has 27 heavy (non-hydrogen) atoms. The number of carbonyl (C=O) groups excluding carboxylic acids is 2. The Kier molecular flexibility index (Phi) is 6.38. The summed E-state index contributed by atoms with van der Waals surface area (Å²) in [5, 5.41) is 0. The van der Waals surface area contributed by atoms with Gasteiger partial charge in [0.2, 0.25) is 0 Å². The predicted octanol–water partition coefficient (Wildman–Crippen LogP) is 3.87. The van der Waals surface area contributed by atoms with Crippen molar-refractivity contribution < 1.29 is 19.1 Å². The highest BCUT2D eigenvalue weighted by molar-refractivity contribution is 9.10. The second-order valence-electron chi connectivity index (χ2n) is 6.16. The van der Waals surface area contributed by atoms with E-state index < -0.39 is 5.91 Å². The molecule has 0 spiro atoms. The number of nitrogens with one attached hydrogen (secondary N) is 2. The Hall–Kier alpha value is -2.06. The fourth-order valence-corrected chi connectivity index (χ4v) is 4.59. The molecule has 2 N–H and O–H groups in total. The van der Waals surface area contributed by atoms with Crippen LogP contribution in [0.15, 0.2) is 22.7 Å². The van der Waals surface area contributed by atoms with Crippen LogP contribution in [0.5, 0.6) is 11.5 Å². The first-order chi connectivity index (χ1) is 13.0. The van der Waals surface area contributed by atoms with Crippen molar-refractivity contribution in [3.8, 4) is 11.5 Å². The highest BCUT2D eigenvalue weighted by Gasteiger charge is 2.20. The molecule has 3 rings (SSSR count). The summed E-state index contributed by atoms with van der Waals surface area (Å²) < 4.78 is 11.6. The third kappa shape index (κ3) is 4.44. The number of amides is 2. The molecule has 1 aromatic carbocycles. The molecule has 1 heterocycles. The monoisotopic (exact) mass is 452 g/mol. The summed E-state index contributed by atoms with van der Waals surface area (Å²) in [7, 11) is 1.51. The number of halogens is 1. The van der Waals surface area contributed by atoms with E-state index in [4.69, 9.17) is 9.47 Å². The van der Waals surface area contributed by atoms with Crippen LogP contribution in [0.25, 0.3) is 0 Å². The molecule has 144 valence electrons. The van der Waals surface area contributed by atoms with Gasteiger partial charge in [-0.3, -0.25) is 20.4 Å². The quantitative estimate of drug-likeness (QED) is 0.652. The highest BCUT2D eigenvalue weighted by atomic mass is 79.9. The Morgan fingerprint density at radius 1 is 1.19 bits per heavy atom. The standard InChI is InChI=1S/C19H21BrN2O4S/c1-3-7-26-17-13(20)8-12(9-14(17)25-2)18(23)21-22-19(24)16-10-11-5-4-6-15(11)27-16/h8-10H,3-7H2,1-2H3,(H,21,23)(H,22,24). The van der Waals surface area contributed by atoms with Gasteiger partial charge >= 0.3 is 0 Å². The van der Waals surface area contributed by atoms with Crippen LogP contribution in [0.3, 0.4) is 0 Å². The molecule has 0 unspecified atom stereocenters. The van der Waals surface area contributed by atoms with E-state index >= 15 is 0 Å².